The fraction of sp³-hybridized carbons (Fsp3) is 0.111. The molecule has 0 aliphatic heterocycles. The zero-order valence-electron chi connectivity index (χ0n) is 7.03. The van der Waals surface area contributed by atoms with Gasteiger partial charge in [0.15, 0.2) is 0 Å². The van der Waals surface area contributed by atoms with Gasteiger partial charge in [0.25, 0.3) is 0 Å². The minimum absolute atomic E-state index is 0.145. The molecule has 2 N–H and O–H groups in total. The SMILES string of the molecule is C=Cc1cc(F)c(C(F)(F)F)cc1N. The standard InChI is InChI=1S/C9H7F4N/c1-2-5-3-7(10)6(4-8(5)14)9(11,12)13/h2-4H,1,14H2. The molecular weight excluding hydrogens is 198 g/mol. The van der Waals surface area contributed by atoms with Crippen LogP contribution in [0, 0.1) is 5.82 Å². The van der Waals surface area contributed by atoms with Crippen LogP contribution in [0.3, 0.4) is 0 Å². The number of halogens is 4. The van der Waals surface area contributed by atoms with Crippen molar-refractivity contribution in [1.82, 2.24) is 0 Å². The molecule has 0 saturated heterocycles. The molecule has 1 nitrogen and oxygen atoms in total. The van der Waals surface area contributed by atoms with E-state index in [1.165, 1.54) is 6.08 Å². The summed E-state index contributed by atoms with van der Waals surface area (Å²) in [4.78, 5) is 0. The van der Waals surface area contributed by atoms with E-state index >= 15 is 0 Å². The molecule has 0 aliphatic rings. The third-order valence-electron chi connectivity index (χ3n) is 1.70. The van der Waals surface area contributed by atoms with Crippen LogP contribution in [-0.2, 0) is 6.18 Å². The van der Waals surface area contributed by atoms with E-state index < -0.39 is 17.6 Å². The van der Waals surface area contributed by atoms with Crippen LogP contribution in [0.5, 0.6) is 0 Å². The van der Waals surface area contributed by atoms with E-state index in [4.69, 9.17) is 5.73 Å². The number of benzene rings is 1. The van der Waals surface area contributed by atoms with Crippen LogP contribution in [0.25, 0.3) is 6.08 Å². The molecular formula is C9H7F4N. The fourth-order valence-corrected chi connectivity index (χ4v) is 0.999. The van der Waals surface area contributed by atoms with Gasteiger partial charge in [0.1, 0.15) is 5.82 Å². The predicted octanol–water partition coefficient (Wildman–Crippen LogP) is 3.07. The lowest BCUT2D eigenvalue weighted by molar-refractivity contribution is -0.139. The van der Waals surface area contributed by atoms with Crippen LogP contribution in [0.15, 0.2) is 18.7 Å². The molecule has 0 bridgehead atoms. The Morgan fingerprint density at radius 3 is 2.29 bits per heavy atom. The van der Waals surface area contributed by atoms with E-state index in [2.05, 4.69) is 6.58 Å². The third kappa shape index (κ3) is 1.86. The molecule has 1 rings (SSSR count). The average molecular weight is 205 g/mol. The molecule has 76 valence electrons. The van der Waals surface area contributed by atoms with Crippen molar-refractivity contribution in [2.75, 3.05) is 5.73 Å². The maximum Gasteiger partial charge on any atom is 0.419 e. The van der Waals surface area contributed by atoms with Crippen molar-refractivity contribution < 1.29 is 17.6 Å². The second-order valence-electron chi connectivity index (χ2n) is 2.66. The minimum atomic E-state index is -4.72. The molecule has 0 heterocycles. The Hall–Kier alpha value is -1.52. The maximum absolute atomic E-state index is 12.9. The second-order valence-corrected chi connectivity index (χ2v) is 2.66. The van der Waals surface area contributed by atoms with E-state index in [0.29, 0.717) is 12.1 Å². The Bertz CT molecular complexity index is 368. The molecule has 0 fully saturated rings. The Morgan fingerprint density at radius 1 is 1.29 bits per heavy atom. The highest BCUT2D eigenvalue weighted by Gasteiger charge is 2.34. The molecule has 0 aromatic heterocycles. The molecule has 1 aromatic carbocycles. The first-order chi connectivity index (χ1) is 6.36. The Kier molecular flexibility index (Phi) is 2.51. The first kappa shape index (κ1) is 10.6. The topological polar surface area (TPSA) is 26.0 Å². The van der Waals surface area contributed by atoms with Crippen molar-refractivity contribution in [2.24, 2.45) is 0 Å². The van der Waals surface area contributed by atoms with Gasteiger partial charge < -0.3 is 5.73 Å². The van der Waals surface area contributed by atoms with E-state index in [0.717, 1.165) is 0 Å². The highest BCUT2D eigenvalue weighted by molar-refractivity contribution is 5.64. The summed E-state index contributed by atoms with van der Waals surface area (Å²) >= 11 is 0. The van der Waals surface area contributed by atoms with E-state index in [1.807, 2.05) is 0 Å². The first-order valence-corrected chi connectivity index (χ1v) is 3.65. The molecule has 0 aliphatic carbocycles. The molecule has 0 atom stereocenters. The Labute approximate surface area is 77.8 Å². The number of nitrogen functional groups attached to an aromatic ring is 1. The lowest BCUT2D eigenvalue weighted by Crippen LogP contribution is -2.09. The van der Waals surface area contributed by atoms with E-state index in [1.54, 1.807) is 0 Å². The van der Waals surface area contributed by atoms with E-state index in [-0.39, 0.29) is 11.3 Å². The van der Waals surface area contributed by atoms with Crippen LogP contribution < -0.4 is 5.73 Å². The van der Waals surface area contributed by atoms with Gasteiger partial charge in [0.05, 0.1) is 5.56 Å². The van der Waals surface area contributed by atoms with Gasteiger partial charge in [0, 0.05) is 5.69 Å². The zero-order chi connectivity index (χ0) is 10.9. The van der Waals surface area contributed by atoms with Crippen molar-refractivity contribution in [3.05, 3.63) is 35.7 Å². The number of hydrogen-bond acceptors (Lipinski definition) is 1. The van der Waals surface area contributed by atoms with Gasteiger partial charge >= 0.3 is 6.18 Å². The highest BCUT2D eigenvalue weighted by Crippen LogP contribution is 2.33. The summed E-state index contributed by atoms with van der Waals surface area (Å²) in [5.74, 6) is -1.35. The van der Waals surface area contributed by atoms with Crippen molar-refractivity contribution in [1.29, 1.82) is 0 Å². The lowest BCUT2D eigenvalue weighted by atomic mass is 10.1. The number of nitrogens with two attached hydrogens (primary N) is 1. The summed E-state index contributed by atoms with van der Waals surface area (Å²) in [6.07, 6.45) is -3.53. The summed E-state index contributed by atoms with van der Waals surface area (Å²) in [6, 6.07) is 1.28. The third-order valence-corrected chi connectivity index (χ3v) is 1.70. The number of alkyl halides is 3. The van der Waals surface area contributed by atoms with Crippen molar-refractivity contribution in [3.63, 3.8) is 0 Å². The van der Waals surface area contributed by atoms with Gasteiger partial charge in [-0.3, -0.25) is 0 Å². The number of anilines is 1. The quantitative estimate of drug-likeness (QED) is 0.553. The molecule has 0 amide bonds. The van der Waals surface area contributed by atoms with Crippen LogP contribution in [0.2, 0.25) is 0 Å². The molecule has 0 spiro atoms. The maximum atomic E-state index is 12.9. The van der Waals surface area contributed by atoms with Crippen LogP contribution >= 0.6 is 0 Å². The van der Waals surface area contributed by atoms with Gasteiger partial charge in [-0.15, -0.1) is 0 Å². The fourth-order valence-electron chi connectivity index (χ4n) is 0.999. The number of hydrogen-bond donors (Lipinski definition) is 1. The molecule has 14 heavy (non-hydrogen) atoms. The Morgan fingerprint density at radius 2 is 1.86 bits per heavy atom. The van der Waals surface area contributed by atoms with Gasteiger partial charge in [-0.1, -0.05) is 12.7 Å². The van der Waals surface area contributed by atoms with Crippen LogP contribution in [0.4, 0.5) is 23.2 Å². The van der Waals surface area contributed by atoms with Crippen molar-refractivity contribution in [3.8, 4) is 0 Å². The van der Waals surface area contributed by atoms with Gasteiger partial charge in [-0.2, -0.15) is 13.2 Å². The smallest absolute Gasteiger partial charge is 0.398 e. The van der Waals surface area contributed by atoms with Gasteiger partial charge in [0.2, 0.25) is 0 Å². The molecule has 1 aromatic rings. The summed E-state index contributed by atoms with van der Waals surface area (Å²) in [7, 11) is 0. The summed E-state index contributed by atoms with van der Waals surface area (Å²) < 4.78 is 49.3. The zero-order valence-corrected chi connectivity index (χ0v) is 7.03. The minimum Gasteiger partial charge on any atom is -0.398 e. The molecule has 0 saturated carbocycles. The summed E-state index contributed by atoms with van der Waals surface area (Å²) in [5, 5.41) is 0. The monoisotopic (exact) mass is 205 g/mol. The Balaban J connectivity index is 3.36. The van der Waals surface area contributed by atoms with E-state index in [9.17, 15) is 17.6 Å². The summed E-state index contributed by atoms with van der Waals surface area (Å²) in [5.41, 5.74) is 3.90. The largest absolute Gasteiger partial charge is 0.419 e. The second kappa shape index (κ2) is 3.32. The molecule has 0 radical (unpaired) electrons. The number of rotatable bonds is 1. The van der Waals surface area contributed by atoms with Crippen molar-refractivity contribution >= 4 is 11.8 Å². The van der Waals surface area contributed by atoms with Crippen LogP contribution in [-0.4, -0.2) is 0 Å². The lowest BCUT2D eigenvalue weighted by Gasteiger charge is -2.10. The predicted molar refractivity (Wildman–Crippen MR) is 45.9 cm³/mol. The summed E-state index contributed by atoms with van der Waals surface area (Å²) in [6.45, 7) is 3.30. The first-order valence-electron chi connectivity index (χ1n) is 3.65. The van der Waals surface area contributed by atoms with Crippen molar-refractivity contribution in [2.45, 2.75) is 6.18 Å². The molecule has 0 unspecified atom stereocenters. The van der Waals surface area contributed by atoms with Gasteiger partial charge in [-0.25, -0.2) is 4.39 Å². The molecule has 5 heteroatoms. The van der Waals surface area contributed by atoms with Crippen LogP contribution in [0.1, 0.15) is 11.1 Å². The highest BCUT2D eigenvalue weighted by atomic mass is 19.4. The normalized spacial score (nSPS) is 11.4. The average Bonchev–Trinajstić information content (AvgIpc) is 2.06. The van der Waals surface area contributed by atoms with Gasteiger partial charge in [-0.05, 0) is 17.7 Å².